The third kappa shape index (κ3) is 6.64. The maximum absolute atomic E-state index is 13.3. The number of ether oxygens (including phenoxy) is 3. The van der Waals surface area contributed by atoms with Gasteiger partial charge in [0.15, 0.2) is 0 Å². The maximum Gasteiger partial charge on any atom is 0.449 e. The molecule has 0 N–H and O–H groups in total. The average molecular weight is 436 g/mol. The fraction of sp³-hybridized carbons (Fsp3) is 0.706. The summed E-state index contributed by atoms with van der Waals surface area (Å²) < 4.78 is 92.6. The van der Waals surface area contributed by atoms with Crippen molar-refractivity contribution in [1.82, 2.24) is 0 Å². The Morgan fingerprint density at radius 1 is 0.897 bits per heavy atom. The fourth-order valence-corrected chi connectivity index (χ4v) is 1.61. The molecule has 0 spiro atoms. The third-order valence-corrected chi connectivity index (χ3v) is 3.35. The Morgan fingerprint density at radius 2 is 1.31 bits per heavy atom. The van der Waals surface area contributed by atoms with Crippen LogP contribution in [0.25, 0.3) is 0 Å². The van der Waals surface area contributed by atoms with E-state index in [1.807, 2.05) is 0 Å². The molecule has 0 aromatic rings. The van der Waals surface area contributed by atoms with Crippen LogP contribution < -0.4 is 0 Å². The van der Waals surface area contributed by atoms with Gasteiger partial charge in [-0.1, -0.05) is 34.3 Å². The van der Waals surface area contributed by atoms with Crippen LogP contribution in [0.5, 0.6) is 0 Å². The minimum absolute atomic E-state index is 0.00607. The molecular formula is C17H22F6O6. The third-order valence-electron chi connectivity index (χ3n) is 3.35. The summed E-state index contributed by atoms with van der Waals surface area (Å²) in [6.07, 6.45) is -12.7. The van der Waals surface area contributed by atoms with Gasteiger partial charge in [0.1, 0.15) is 0 Å². The molecule has 0 aliphatic heterocycles. The molecule has 12 heteroatoms. The highest BCUT2D eigenvalue weighted by Gasteiger charge is 2.80. The van der Waals surface area contributed by atoms with Crippen LogP contribution in [0.15, 0.2) is 12.2 Å². The predicted molar refractivity (Wildman–Crippen MR) is 86.3 cm³/mol. The van der Waals surface area contributed by atoms with Gasteiger partial charge in [0.2, 0.25) is 0 Å². The molecule has 0 unspecified atom stereocenters. The first-order valence-electron chi connectivity index (χ1n) is 8.14. The van der Waals surface area contributed by atoms with Gasteiger partial charge in [-0.25, -0.2) is 9.59 Å². The van der Waals surface area contributed by atoms with Crippen molar-refractivity contribution in [3.05, 3.63) is 12.2 Å². The first-order chi connectivity index (χ1) is 12.8. The number of rotatable bonds is 8. The number of hydrogen-bond donors (Lipinski definition) is 0. The summed E-state index contributed by atoms with van der Waals surface area (Å²) in [5, 5.41) is 0. The van der Waals surface area contributed by atoms with Gasteiger partial charge in [-0.15, -0.1) is 0 Å². The van der Waals surface area contributed by atoms with Gasteiger partial charge in [-0.3, -0.25) is 4.79 Å². The summed E-state index contributed by atoms with van der Waals surface area (Å²) in [5.41, 5.74) is -6.84. The van der Waals surface area contributed by atoms with Crippen molar-refractivity contribution >= 4 is 17.9 Å². The minimum atomic E-state index is -6.34. The van der Waals surface area contributed by atoms with Gasteiger partial charge >= 0.3 is 35.9 Å². The highest BCUT2D eigenvalue weighted by atomic mass is 19.4. The van der Waals surface area contributed by atoms with Gasteiger partial charge in [0.05, 0.1) is 19.1 Å². The van der Waals surface area contributed by atoms with Crippen LogP contribution in [0.2, 0.25) is 0 Å². The summed E-state index contributed by atoms with van der Waals surface area (Å²) in [7, 11) is 0. The summed E-state index contributed by atoms with van der Waals surface area (Å²) in [4.78, 5) is 34.8. The standard InChI is InChI=1S/C17H22F6O6/c1-9(2)11(24)27-7-14(5,6)8-28-13(26)15(16(18,19)20,17(21,22)23)29-12(25)10(3)4/h10H,1,7-8H2,2-6H3. The van der Waals surface area contributed by atoms with Crippen molar-refractivity contribution in [2.75, 3.05) is 13.2 Å². The molecule has 168 valence electrons. The Morgan fingerprint density at radius 3 is 1.66 bits per heavy atom. The second-order valence-electron chi connectivity index (χ2n) is 7.35. The van der Waals surface area contributed by atoms with Crippen molar-refractivity contribution in [1.29, 1.82) is 0 Å². The zero-order valence-electron chi connectivity index (χ0n) is 16.4. The molecule has 0 rings (SSSR count). The molecule has 0 aliphatic carbocycles. The van der Waals surface area contributed by atoms with Crippen molar-refractivity contribution < 1.29 is 54.9 Å². The van der Waals surface area contributed by atoms with E-state index in [1.54, 1.807) is 0 Å². The van der Waals surface area contributed by atoms with E-state index in [9.17, 15) is 40.7 Å². The van der Waals surface area contributed by atoms with E-state index in [-0.39, 0.29) is 5.57 Å². The van der Waals surface area contributed by atoms with E-state index >= 15 is 0 Å². The summed E-state index contributed by atoms with van der Waals surface area (Å²) in [6.45, 7) is 7.62. The highest BCUT2D eigenvalue weighted by molar-refractivity contribution is 5.87. The molecular weight excluding hydrogens is 414 g/mol. The number of carbonyl (C=O) groups is 3. The molecule has 0 aromatic heterocycles. The zero-order chi connectivity index (χ0) is 23.4. The average Bonchev–Trinajstić information content (AvgIpc) is 2.52. The number of esters is 3. The first kappa shape index (κ1) is 26.7. The lowest BCUT2D eigenvalue weighted by Crippen LogP contribution is -2.66. The van der Waals surface area contributed by atoms with Crippen LogP contribution in [-0.2, 0) is 28.6 Å². The van der Waals surface area contributed by atoms with Gasteiger partial charge in [0.25, 0.3) is 0 Å². The summed E-state index contributed by atoms with van der Waals surface area (Å²) in [6, 6.07) is 0. The monoisotopic (exact) mass is 436 g/mol. The molecule has 0 radical (unpaired) electrons. The largest absolute Gasteiger partial charge is 0.462 e. The van der Waals surface area contributed by atoms with E-state index in [2.05, 4.69) is 16.1 Å². The second kappa shape index (κ2) is 9.04. The predicted octanol–water partition coefficient (Wildman–Crippen LogP) is 3.74. The van der Waals surface area contributed by atoms with Crippen LogP contribution in [-0.4, -0.2) is 49.1 Å². The molecule has 0 amide bonds. The lowest BCUT2D eigenvalue weighted by Gasteiger charge is -2.35. The van der Waals surface area contributed by atoms with E-state index in [0.717, 1.165) is 13.8 Å². The maximum atomic E-state index is 13.3. The number of alkyl halides is 6. The Bertz CT molecular complexity index is 634. The quantitative estimate of drug-likeness (QED) is 0.250. The highest BCUT2D eigenvalue weighted by Crippen LogP contribution is 2.47. The molecule has 0 bridgehead atoms. The SMILES string of the molecule is C=C(C)C(=O)OCC(C)(C)COC(=O)C(OC(=O)C(C)C)(C(F)(F)F)C(F)(F)F. The van der Waals surface area contributed by atoms with Crippen LogP contribution >= 0.6 is 0 Å². The molecule has 0 heterocycles. The Balaban J connectivity index is 5.71. The van der Waals surface area contributed by atoms with Crippen molar-refractivity contribution in [2.24, 2.45) is 11.3 Å². The van der Waals surface area contributed by atoms with Crippen molar-refractivity contribution in [2.45, 2.75) is 52.6 Å². The van der Waals surface area contributed by atoms with Gasteiger partial charge in [0, 0.05) is 11.0 Å². The normalized spacial score (nSPS) is 13.1. The molecule has 0 saturated carbocycles. The molecule has 0 fully saturated rings. The number of hydrogen-bond acceptors (Lipinski definition) is 6. The van der Waals surface area contributed by atoms with Crippen molar-refractivity contribution in [3.8, 4) is 0 Å². The lowest BCUT2D eigenvalue weighted by molar-refractivity contribution is -0.360. The molecule has 29 heavy (non-hydrogen) atoms. The van der Waals surface area contributed by atoms with E-state index in [4.69, 9.17) is 4.74 Å². The molecule has 0 atom stereocenters. The summed E-state index contributed by atoms with van der Waals surface area (Å²) in [5.74, 6) is -6.99. The minimum Gasteiger partial charge on any atom is -0.462 e. The van der Waals surface area contributed by atoms with Gasteiger partial charge in [-0.2, -0.15) is 26.3 Å². The smallest absolute Gasteiger partial charge is 0.449 e. The topological polar surface area (TPSA) is 78.9 Å². The zero-order valence-corrected chi connectivity index (χ0v) is 16.4. The lowest BCUT2D eigenvalue weighted by atomic mass is 9.96. The summed E-state index contributed by atoms with van der Waals surface area (Å²) >= 11 is 0. The molecule has 0 aliphatic rings. The van der Waals surface area contributed by atoms with E-state index in [0.29, 0.717) is 0 Å². The van der Waals surface area contributed by atoms with Crippen LogP contribution in [0.3, 0.4) is 0 Å². The number of halogens is 6. The second-order valence-corrected chi connectivity index (χ2v) is 7.35. The van der Waals surface area contributed by atoms with Crippen LogP contribution in [0.1, 0.15) is 34.6 Å². The van der Waals surface area contributed by atoms with Crippen LogP contribution in [0, 0.1) is 11.3 Å². The Hall–Kier alpha value is -2.27. The fourth-order valence-electron chi connectivity index (χ4n) is 1.61. The Kier molecular flexibility index (Phi) is 8.33. The van der Waals surface area contributed by atoms with E-state index < -0.39 is 60.4 Å². The number of carbonyl (C=O) groups excluding carboxylic acids is 3. The molecule has 0 aromatic carbocycles. The van der Waals surface area contributed by atoms with Crippen molar-refractivity contribution in [3.63, 3.8) is 0 Å². The van der Waals surface area contributed by atoms with Gasteiger partial charge < -0.3 is 14.2 Å². The van der Waals surface area contributed by atoms with Crippen LogP contribution in [0.4, 0.5) is 26.3 Å². The molecule has 0 saturated heterocycles. The van der Waals surface area contributed by atoms with Gasteiger partial charge in [-0.05, 0) is 6.92 Å². The van der Waals surface area contributed by atoms with E-state index in [1.165, 1.54) is 20.8 Å². The first-order valence-corrected chi connectivity index (χ1v) is 8.14. The molecule has 6 nitrogen and oxygen atoms in total. The Labute approximate surface area is 163 Å².